The van der Waals surface area contributed by atoms with Crippen molar-refractivity contribution in [2.24, 2.45) is 0 Å². The molecule has 8 heavy (non-hydrogen) atoms. The molecule has 0 N–H and O–H groups in total. The first-order valence-corrected chi connectivity index (χ1v) is 6.56. The molecule has 4 heteroatoms. The van der Waals surface area contributed by atoms with Gasteiger partial charge in [-0.3, -0.25) is 0 Å². The molecule has 0 saturated heterocycles. The minimum atomic E-state index is -0.756. The Morgan fingerprint density at radius 3 is 1.25 bits per heavy atom. The predicted octanol–water partition coefficient (Wildman–Crippen LogP) is -4.78. The molecule has 0 aliphatic carbocycles. The Morgan fingerprint density at radius 1 is 1.12 bits per heavy atom. The summed E-state index contributed by atoms with van der Waals surface area (Å²) < 4.78 is 2.33. The third-order valence-corrected chi connectivity index (χ3v) is 5.36. The second-order valence-electron chi connectivity index (χ2n) is 2.51. The molecule has 0 saturated carbocycles. The van der Waals surface area contributed by atoms with Crippen LogP contribution in [-0.4, -0.2) is 12.0 Å². The molecule has 0 rings (SSSR count). The van der Waals surface area contributed by atoms with Gasteiger partial charge in [-0.2, -0.15) is 0 Å². The molecule has 0 aliphatic rings. The average Bonchev–Trinajstić information content (AvgIpc) is 1.35. The molecule has 48 valence electrons. The van der Waals surface area contributed by atoms with Gasteiger partial charge in [-0.25, -0.2) is 0 Å². The normalized spacial score (nSPS) is 8.62. The second-order valence-corrected chi connectivity index (χ2v) is 8.88. The van der Waals surface area contributed by atoms with Gasteiger partial charge in [0.05, 0.1) is 0 Å². The van der Waals surface area contributed by atoms with Crippen LogP contribution in [0.5, 0.6) is 0 Å². The monoisotopic (exact) mass is 204 g/mol. The molecule has 0 heterocycles. The Labute approximate surface area is 76.2 Å². The fourth-order valence-corrected chi connectivity index (χ4v) is 0. The van der Waals surface area contributed by atoms with Gasteiger partial charge in [0, 0.05) is 0 Å². The maximum atomic E-state index is 2.33. The molecule has 0 radical (unpaired) electrons. The van der Waals surface area contributed by atoms with Crippen LogP contribution < -0.4 is 24.8 Å². The van der Waals surface area contributed by atoms with Crippen LogP contribution in [0.3, 0.4) is 0 Å². The van der Waals surface area contributed by atoms with E-state index in [0.29, 0.717) is 0 Å². The Morgan fingerprint density at radius 2 is 1.25 bits per heavy atom. The van der Waals surface area contributed by atoms with Gasteiger partial charge in [0.2, 0.25) is 0 Å². The topological polar surface area (TPSA) is 0 Å². The molecule has 0 fully saturated rings. The van der Waals surface area contributed by atoms with Crippen molar-refractivity contribution < 1.29 is 44.8 Å². The van der Waals surface area contributed by atoms with Crippen molar-refractivity contribution in [2.75, 3.05) is 0 Å². The van der Waals surface area contributed by atoms with E-state index in [9.17, 15) is 0 Å². The largest absolute Gasteiger partial charge is 1.00 e. The van der Waals surface area contributed by atoms with Crippen LogP contribution >= 0.6 is 0 Å². The Hall–Kier alpha value is 1.38. The molecule has 0 atom stereocenters. The number of rotatable bonds is 1. The van der Waals surface area contributed by atoms with Crippen LogP contribution in [0, 0.1) is 0 Å². The van der Waals surface area contributed by atoms with E-state index in [1.807, 2.05) is 0 Å². The van der Waals surface area contributed by atoms with E-state index in [-0.39, 0.29) is 24.8 Å². The first kappa shape index (κ1) is 16.2. The fourth-order valence-electron chi connectivity index (χ4n) is 0. The molecule has 0 aromatic carbocycles. The molecular formula is C4H10Cl2SiTi. The van der Waals surface area contributed by atoms with Crippen molar-refractivity contribution in [1.29, 1.82) is 0 Å². The predicted molar refractivity (Wildman–Crippen MR) is 29.4 cm³/mol. The molecule has 0 bridgehead atoms. The van der Waals surface area contributed by atoms with Crippen molar-refractivity contribution >= 4 is 12.0 Å². The molecule has 0 aliphatic heterocycles. The Kier molecular flexibility index (Phi) is 13.1. The summed E-state index contributed by atoms with van der Waals surface area (Å²) in [5, 5.41) is 0. The standard InChI is InChI=1S/C4H10Si.2ClH.Ti/c1-5(2,3)4;;;/h1H,2-4H3;2*1H;/q;;;+2/p-2. The van der Waals surface area contributed by atoms with E-state index in [1.165, 1.54) is 0 Å². The first-order chi connectivity index (χ1) is 2.56. The van der Waals surface area contributed by atoms with E-state index in [0.717, 1.165) is 0 Å². The summed E-state index contributed by atoms with van der Waals surface area (Å²) in [5.74, 6) is 0. The Bertz CT molecular complexity index is 59.5. The maximum Gasteiger partial charge on any atom is -1.00 e. The molecule has 0 amide bonds. The molecule has 0 unspecified atom stereocenters. The van der Waals surface area contributed by atoms with E-state index >= 15 is 0 Å². The van der Waals surface area contributed by atoms with Gasteiger partial charge in [0.1, 0.15) is 0 Å². The summed E-state index contributed by atoms with van der Waals surface area (Å²) in [6, 6.07) is 0. The third-order valence-electron chi connectivity index (χ3n) is 0.433. The molecular weight excluding hydrogens is 195 g/mol. The summed E-state index contributed by atoms with van der Waals surface area (Å²) in [5.41, 5.74) is 0. The number of hydrogen-bond acceptors (Lipinski definition) is 0. The van der Waals surface area contributed by atoms with Crippen LogP contribution in [0.2, 0.25) is 19.6 Å². The van der Waals surface area contributed by atoms with Gasteiger partial charge >= 0.3 is 51.6 Å². The van der Waals surface area contributed by atoms with Crippen LogP contribution in [0.4, 0.5) is 0 Å². The SMILES string of the molecule is C[Si](C)(C)[CH]=[Ti+2].[Cl-].[Cl-]. The van der Waals surface area contributed by atoms with Crippen LogP contribution in [0.25, 0.3) is 0 Å². The molecule has 0 aromatic rings. The first-order valence-electron chi connectivity index (χ1n) is 2.08. The fraction of sp³-hybridized carbons (Fsp3) is 0.750. The van der Waals surface area contributed by atoms with E-state index in [1.54, 1.807) is 0 Å². The zero-order valence-electron chi connectivity index (χ0n) is 5.33. The van der Waals surface area contributed by atoms with Gasteiger partial charge in [-0.15, -0.1) is 0 Å². The average molecular weight is 205 g/mol. The van der Waals surface area contributed by atoms with E-state index in [2.05, 4.69) is 43.6 Å². The van der Waals surface area contributed by atoms with Crippen molar-refractivity contribution in [1.82, 2.24) is 0 Å². The molecule has 0 aromatic heterocycles. The molecule has 0 nitrogen and oxygen atoms in total. The van der Waals surface area contributed by atoms with Crippen LogP contribution in [0.15, 0.2) is 0 Å². The maximum absolute atomic E-state index is 2.33. The zero-order valence-corrected chi connectivity index (χ0v) is 9.41. The summed E-state index contributed by atoms with van der Waals surface area (Å²) in [4.78, 5) is 0. The van der Waals surface area contributed by atoms with Gasteiger partial charge in [0.25, 0.3) is 0 Å². The summed E-state index contributed by atoms with van der Waals surface area (Å²) in [7, 11) is -0.756. The smallest absolute Gasteiger partial charge is 1.00 e. The summed E-state index contributed by atoms with van der Waals surface area (Å²) >= 11 is 2.15. The van der Waals surface area contributed by atoms with E-state index in [4.69, 9.17) is 0 Å². The van der Waals surface area contributed by atoms with Crippen LogP contribution in [-0.2, 0) is 20.0 Å². The number of hydrogen-bond donors (Lipinski definition) is 0. The Balaban J connectivity index is -0.000000125. The van der Waals surface area contributed by atoms with Crippen molar-refractivity contribution in [3.05, 3.63) is 0 Å². The minimum absolute atomic E-state index is 0. The summed E-state index contributed by atoms with van der Waals surface area (Å²) in [6.45, 7) is 6.98. The third kappa shape index (κ3) is 15.7. The van der Waals surface area contributed by atoms with Crippen molar-refractivity contribution in [3.63, 3.8) is 0 Å². The van der Waals surface area contributed by atoms with Crippen molar-refractivity contribution in [2.45, 2.75) is 19.6 Å². The van der Waals surface area contributed by atoms with Crippen LogP contribution in [0.1, 0.15) is 0 Å². The van der Waals surface area contributed by atoms with Gasteiger partial charge in [0.15, 0.2) is 0 Å². The van der Waals surface area contributed by atoms with Gasteiger partial charge in [-0.05, 0) is 0 Å². The summed E-state index contributed by atoms with van der Waals surface area (Å²) in [6.07, 6.45) is 0. The van der Waals surface area contributed by atoms with Gasteiger partial charge in [-0.1, -0.05) is 0 Å². The van der Waals surface area contributed by atoms with Crippen molar-refractivity contribution in [3.8, 4) is 0 Å². The van der Waals surface area contributed by atoms with Gasteiger partial charge < -0.3 is 24.8 Å². The van der Waals surface area contributed by atoms with E-state index < -0.39 is 8.07 Å². The zero-order chi connectivity index (χ0) is 5.21. The minimum Gasteiger partial charge on any atom is -1.00 e. The second kappa shape index (κ2) is 6.50. The quantitative estimate of drug-likeness (QED) is 0.377. The number of halogens is 2. The molecule has 0 spiro atoms.